The lowest BCUT2D eigenvalue weighted by molar-refractivity contribution is 0.0734. The molecule has 15 heteroatoms. The fourth-order valence-electron chi connectivity index (χ4n) is 6.15. The number of hydrogen-bond acceptors (Lipinski definition) is 11. The van der Waals surface area contributed by atoms with Crippen molar-refractivity contribution >= 4 is 40.5 Å². The van der Waals surface area contributed by atoms with Crippen LogP contribution in [0.5, 0.6) is 23.0 Å². The molecule has 0 fully saturated rings. The zero-order valence-electron chi connectivity index (χ0n) is 32.7. The molecule has 5 aromatic carbocycles. The van der Waals surface area contributed by atoms with Crippen LogP contribution in [0.2, 0.25) is 0 Å². The number of rotatable bonds is 12. The van der Waals surface area contributed by atoms with Crippen LogP contribution < -0.4 is 24.8 Å². The largest absolute Gasteiger partial charge is 0.508 e. The Hall–Kier alpha value is -8.85. The van der Waals surface area contributed by atoms with E-state index in [0.29, 0.717) is 56.6 Å². The molecular formula is C47H36N8O7. The molecule has 9 aromatic rings. The number of amides is 2. The number of aromatic hydroxyl groups is 1. The fourth-order valence-corrected chi connectivity index (χ4v) is 6.15. The molecule has 0 bridgehead atoms. The van der Waals surface area contributed by atoms with E-state index in [4.69, 9.17) is 14.2 Å². The number of fused-ring (bicyclic) bond motifs is 2. The van der Waals surface area contributed by atoms with Gasteiger partial charge in [-0.25, -0.2) is 23.8 Å². The standard InChI is InChI=1S/C27H20N4O4.C20H16N4O3/c32-26(22-17-29-31-15-7-14-28-25(22)31)30-23-12-4-5-13-24(23)34-18-19-8-6-11-21(16-19)35-27(33)20-9-2-1-3-10-20;25-15-6-3-5-14(11-15)13-27-18-8-2-1-7-17(18)23-20(26)16-12-22-24-10-4-9-21-19(16)24/h1-17H,18H2,(H,30,32);1-12,25H,13H2,(H,23,26). The van der Waals surface area contributed by atoms with Crippen molar-refractivity contribution in [1.29, 1.82) is 0 Å². The first kappa shape index (κ1) is 40.0. The molecule has 0 atom stereocenters. The van der Waals surface area contributed by atoms with Crippen LogP contribution in [0, 0.1) is 0 Å². The Morgan fingerprint density at radius 2 is 1.08 bits per heavy atom. The molecule has 15 nitrogen and oxygen atoms in total. The highest BCUT2D eigenvalue weighted by Crippen LogP contribution is 2.28. The van der Waals surface area contributed by atoms with Gasteiger partial charge in [-0.3, -0.25) is 9.59 Å². The van der Waals surface area contributed by atoms with E-state index in [2.05, 4.69) is 30.8 Å². The SMILES string of the molecule is O=C(Nc1ccccc1OCc1cccc(O)c1)c1cnn2cccnc12.O=C(Oc1cccc(COc2ccccc2NC(=O)c2cnn3cccnc23)c1)c1ccccc1. The molecule has 4 aromatic heterocycles. The van der Waals surface area contributed by atoms with Gasteiger partial charge in [0.25, 0.3) is 11.8 Å². The second kappa shape index (κ2) is 18.8. The molecule has 0 aliphatic carbocycles. The number of benzene rings is 5. The number of phenolic OH excluding ortho intramolecular Hbond substituents is 1. The first-order valence-electron chi connectivity index (χ1n) is 19.1. The zero-order chi connectivity index (χ0) is 42.7. The number of para-hydroxylation sites is 4. The van der Waals surface area contributed by atoms with E-state index in [1.54, 1.807) is 132 Å². The molecule has 0 radical (unpaired) electrons. The van der Waals surface area contributed by atoms with Crippen LogP contribution in [0.25, 0.3) is 11.3 Å². The van der Waals surface area contributed by atoms with E-state index >= 15 is 0 Å². The molecule has 9 rings (SSSR count). The number of phenols is 1. The van der Waals surface area contributed by atoms with Crippen molar-refractivity contribution in [3.8, 4) is 23.0 Å². The number of anilines is 2. The number of carbonyl (C=O) groups is 3. The van der Waals surface area contributed by atoms with E-state index in [1.165, 1.54) is 16.9 Å². The Balaban J connectivity index is 0.000000176. The van der Waals surface area contributed by atoms with E-state index in [9.17, 15) is 19.5 Å². The number of aromatic nitrogens is 6. The zero-order valence-corrected chi connectivity index (χ0v) is 32.7. The topological polar surface area (TPSA) is 184 Å². The van der Waals surface area contributed by atoms with Gasteiger partial charge in [-0.2, -0.15) is 10.2 Å². The summed E-state index contributed by atoms with van der Waals surface area (Å²) in [6.07, 6.45) is 9.63. The lowest BCUT2D eigenvalue weighted by Gasteiger charge is -2.13. The van der Waals surface area contributed by atoms with Crippen molar-refractivity contribution in [1.82, 2.24) is 29.2 Å². The van der Waals surface area contributed by atoms with Gasteiger partial charge < -0.3 is 30.0 Å². The van der Waals surface area contributed by atoms with Crippen molar-refractivity contribution < 1.29 is 33.7 Å². The van der Waals surface area contributed by atoms with Crippen molar-refractivity contribution in [3.63, 3.8) is 0 Å². The van der Waals surface area contributed by atoms with Gasteiger partial charge in [0.1, 0.15) is 47.3 Å². The van der Waals surface area contributed by atoms with Crippen LogP contribution >= 0.6 is 0 Å². The smallest absolute Gasteiger partial charge is 0.343 e. The highest BCUT2D eigenvalue weighted by molar-refractivity contribution is 6.09. The van der Waals surface area contributed by atoms with E-state index in [1.807, 2.05) is 36.4 Å². The van der Waals surface area contributed by atoms with Crippen LogP contribution in [-0.2, 0) is 13.2 Å². The molecule has 0 aliphatic heterocycles. The molecule has 306 valence electrons. The van der Waals surface area contributed by atoms with Crippen LogP contribution in [-0.4, -0.2) is 52.1 Å². The summed E-state index contributed by atoms with van der Waals surface area (Å²) < 4.78 is 20.4. The van der Waals surface area contributed by atoms with Crippen molar-refractivity contribution in [2.75, 3.05) is 10.6 Å². The maximum Gasteiger partial charge on any atom is 0.343 e. The number of hydrogen-bond donors (Lipinski definition) is 3. The average Bonchev–Trinajstić information content (AvgIpc) is 3.95. The number of nitrogens with zero attached hydrogens (tertiary/aromatic N) is 6. The molecule has 0 spiro atoms. The Bertz CT molecular complexity index is 3010. The van der Waals surface area contributed by atoms with Crippen molar-refractivity contribution in [3.05, 3.63) is 205 Å². The first-order chi connectivity index (χ1) is 30.4. The Labute approximate surface area is 353 Å². The second-order valence-electron chi connectivity index (χ2n) is 13.4. The highest BCUT2D eigenvalue weighted by Gasteiger charge is 2.17. The maximum absolute atomic E-state index is 12.9. The van der Waals surface area contributed by atoms with Crippen LogP contribution in [0.3, 0.4) is 0 Å². The van der Waals surface area contributed by atoms with Gasteiger partial charge in [-0.1, -0.05) is 66.7 Å². The molecule has 3 N–H and O–H groups in total. The summed E-state index contributed by atoms with van der Waals surface area (Å²) in [5.74, 6) is 0.525. The Kier molecular flexibility index (Phi) is 12.1. The fraction of sp³-hybridized carbons (Fsp3) is 0.0426. The predicted molar refractivity (Wildman–Crippen MR) is 229 cm³/mol. The summed E-state index contributed by atoms with van der Waals surface area (Å²) in [5, 5.41) is 23.5. The third kappa shape index (κ3) is 9.70. The van der Waals surface area contributed by atoms with Crippen molar-refractivity contribution in [2.24, 2.45) is 0 Å². The summed E-state index contributed by atoms with van der Waals surface area (Å²) in [6, 6.07) is 40.5. The van der Waals surface area contributed by atoms with Crippen molar-refractivity contribution in [2.45, 2.75) is 13.2 Å². The number of carbonyl (C=O) groups excluding carboxylic acids is 3. The molecule has 4 heterocycles. The molecule has 0 aliphatic rings. The molecule has 0 saturated heterocycles. The van der Waals surface area contributed by atoms with E-state index in [0.717, 1.165) is 11.1 Å². The highest BCUT2D eigenvalue weighted by atomic mass is 16.5. The molecule has 62 heavy (non-hydrogen) atoms. The molecular weight excluding hydrogens is 789 g/mol. The Morgan fingerprint density at radius 1 is 0.565 bits per heavy atom. The summed E-state index contributed by atoms with van der Waals surface area (Å²) in [7, 11) is 0. The number of esters is 1. The lowest BCUT2D eigenvalue weighted by atomic mass is 10.2. The summed E-state index contributed by atoms with van der Waals surface area (Å²) >= 11 is 0. The summed E-state index contributed by atoms with van der Waals surface area (Å²) in [5.41, 5.74) is 4.82. The average molecular weight is 825 g/mol. The third-order valence-electron chi connectivity index (χ3n) is 9.14. The molecule has 0 unspecified atom stereocenters. The normalized spacial score (nSPS) is 10.6. The van der Waals surface area contributed by atoms with E-state index in [-0.39, 0.29) is 30.8 Å². The Morgan fingerprint density at radius 3 is 1.65 bits per heavy atom. The quantitative estimate of drug-likeness (QED) is 0.0801. The van der Waals surface area contributed by atoms with Gasteiger partial charge in [-0.15, -0.1) is 0 Å². The maximum atomic E-state index is 12.9. The van der Waals surface area contributed by atoms with Gasteiger partial charge in [-0.05, 0) is 83.9 Å². The van der Waals surface area contributed by atoms with E-state index < -0.39 is 5.97 Å². The third-order valence-corrected chi connectivity index (χ3v) is 9.14. The second-order valence-corrected chi connectivity index (χ2v) is 13.4. The monoisotopic (exact) mass is 824 g/mol. The molecule has 2 amide bonds. The lowest BCUT2D eigenvalue weighted by Crippen LogP contribution is -2.13. The van der Waals surface area contributed by atoms with Crippen LogP contribution in [0.1, 0.15) is 42.2 Å². The summed E-state index contributed by atoms with van der Waals surface area (Å²) in [4.78, 5) is 46.3. The van der Waals surface area contributed by atoms with Gasteiger partial charge in [0.15, 0.2) is 11.3 Å². The van der Waals surface area contributed by atoms with Crippen LogP contribution in [0.15, 0.2) is 177 Å². The number of ether oxygens (including phenoxy) is 3. The van der Waals surface area contributed by atoms with Crippen LogP contribution in [0.4, 0.5) is 11.4 Å². The minimum atomic E-state index is -0.432. The first-order valence-corrected chi connectivity index (χ1v) is 19.1. The minimum absolute atomic E-state index is 0.179. The van der Waals surface area contributed by atoms with Gasteiger partial charge in [0.05, 0.1) is 29.3 Å². The predicted octanol–water partition coefficient (Wildman–Crippen LogP) is 8.05. The molecule has 0 saturated carbocycles. The van der Waals surface area contributed by atoms with Gasteiger partial charge in [0.2, 0.25) is 0 Å². The number of nitrogens with one attached hydrogen (secondary N) is 2. The van der Waals surface area contributed by atoms with Gasteiger partial charge in [0, 0.05) is 24.8 Å². The minimum Gasteiger partial charge on any atom is -0.508 e. The van der Waals surface area contributed by atoms with Gasteiger partial charge >= 0.3 is 5.97 Å². The summed E-state index contributed by atoms with van der Waals surface area (Å²) in [6.45, 7) is 0.474.